The third-order valence-electron chi connectivity index (χ3n) is 3.28. The van der Waals surface area contributed by atoms with Crippen LogP contribution >= 0.6 is 22.7 Å². The summed E-state index contributed by atoms with van der Waals surface area (Å²) >= 11 is 2.65. The van der Waals surface area contributed by atoms with Crippen LogP contribution in [0, 0.1) is 0 Å². The van der Waals surface area contributed by atoms with Crippen LogP contribution < -0.4 is 15.5 Å². The van der Waals surface area contributed by atoms with Gasteiger partial charge in [-0.2, -0.15) is 5.10 Å². The van der Waals surface area contributed by atoms with E-state index in [0.717, 1.165) is 16.2 Å². The van der Waals surface area contributed by atoms with Crippen molar-refractivity contribution in [1.82, 2.24) is 15.6 Å². The Labute approximate surface area is 162 Å². The zero-order valence-corrected chi connectivity index (χ0v) is 15.8. The predicted molar refractivity (Wildman–Crippen MR) is 105 cm³/mol. The number of thiophene rings is 1. The maximum atomic E-state index is 12.2. The van der Waals surface area contributed by atoms with Crippen LogP contribution in [-0.4, -0.2) is 35.3 Å². The monoisotopic (exact) mass is 401 g/mol. The van der Waals surface area contributed by atoms with E-state index in [0.29, 0.717) is 21.5 Å². The summed E-state index contributed by atoms with van der Waals surface area (Å²) in [5.74, 6) is 0.0369. The number of carbonyl (C=O) groups excluding carboxylic acids is 2. The van der Waals surface area contributed by atoms with Gasteiger partial charge in [-0.25, -0.2) is 5.43 Å². The van der Waals surface area contributed by atoms with Crippen molar-refractivity contribution in [2.45, 2.75) is 6.42 Å². The molecule has 1 aromatic carbocycles. The minimum absolute atomic E-state index is 0.0256. The molecule has 2 amide bonds. The van der Waals surface area contributed by atoms with Gasteiger partial charge in [-0.15, -0.1) is 21.5 Å². The van der Waals surface area contributed by atoms with Crippen LogP contribution in [-0.2, 0) is 11.2 Å². The third-order valence-corrected chi connectivity index (χ3v) is 4.92. The van der Waals surface area contributed by atoms with Gasteiger partial charge in [0.1, 0.15) is 10.8 Å². The molecule has 0 unspecified atom stereocenters. The van der Waals surface area contributed by atoms with Gasteiger partial charge in [0.25, 0.3) is 5.91 Å². The first kappa shape index (κ1) is 18.7. The number of hydrazone groups is 1. The van der Waals surface area contributed by atoms with Gasteiger partial charge in [0.05, 0.1) is 19.7 Å². The fourth-order valence-electron chi connectivity index (χ4n) is 2.00. The number of hydrogen-bond acceptors (Lipinski definition) is 8. The van der Waals surface area contributed by atoms with Crippen LogP contribution in [0.15, 0.2) is 46.9 Å². The Hall–Kier alpha value is -3.11. The largest absolute Gasteiger partial charge is 0.497 e. The molecule has 27 heavy (non-hydrogen) atoms. The normalized spacial score (nSPS) is 10.7. The third kappa shape index (κ3) is 5.43. The minimum Gasteiger partial charge on any atom is -0.497 e. The van der Waals surface area contributed by atoms with Crippen molar-refractivity contribution >= 4 is 45.8 Å². The number of benzene rings is 1. The van der Waals surface area contributed by atoms with Crippen LogP contribution in [0.2, 0.25) is 0 Å². The summed E-state index contributed by atoms with van der Waals surface area (Å²) in [6.07, 6.45) is 1.60. The van der Waals surface area contributed by atoms with Gasteiger partial charge in [0, 0.05) is 10.4 Å². The standard InChI is InChI=1S/C17H15N5O3S2/c1-25-12-6-4-11(5-7-12)16(24)19-17-22-21-15(27-17)9-14(23)20-18-10-13-3-2-8-26-13/h2-8,10H,9H2,1H3,(H,20,23)(H,19,22,24)/b18-10-. The molecular weight excluding hydrogens is 386 g/mol. The number of hydrogen-bond donors (Lipinski definition) is 2. The molecule has 0 saturated heterocycles. The average Bonchev–Trinajstić information content (AvgIpc) is 3.34. The first-order valence-electron chi connectivity index (χ1n) is 7.77. The second-order valence-electron chi connectivity index (χ2n) is 5.17. The minimum atomic E-state index is -0.314. The van der Waals surface area contributed by atoms with Gasteiger partial charge in [-0.3, -0.25) is 14.9 Å². The van der Waals surface area contributed by atoms with Crippen molar-refractivity contribution in [3.63, 3.8) is 0 Å². The van der Waals surface area contributed by atoms with E-state index < -0.39 is 0 Å². The van der Waals surface area contributed by atoms with Gasteiger partial charge in [-0.05, 0) is 35.7 Å². The summed E-state index contributed by atoms with van der Waals surface area (Å²) < 4.78 is 5.06. The molecule has 0 bridgehead atoms. The number of rotatable bonds is 7. The van der Waals surface area contributed by atoms with Gasteiger partial charge >= 0.3 is 0 Å². The van der Waals surface area contributed by atoms with Crippen molar-refractivity contribution in [2.75, 3.05) is 12.4 Å². The fourth-order valence-corrected chi connectivity index (χ4v) is 3.32. The van der Waals surface area contributed by atoms with Gasteiger partial charge in [0.15, 0.2) is 0 Å². The summed E-state index contributed by atoms with van der Waals surface area (Å²) in [4.78, 5) is 25.0. The van der Waals surface area contributed by atoms with Gasteiger partial charge in [0.2, 0.25) is 11.0 Å². The van der Waals surface area contributed by atoms with Crippen molar-refractivity contribution in [3.8, 4) is 5.75 Å². The number of aromatic nitrogens is 2. The quantitative estimate of drug-likeness (QED) is 0.468. The molecule has 0 spiro atoms. The second-order valence-corrected chi connectivity index (χ2v) is 7.21. The van der Waals surface area contributed by atoms with E-state index in [4.69, 9.17) is 4.74 Å². The predicted octanol–water partition coefficient (Wildman–Crippen LogP) is 2.55. The van der Waals surface area contributed by atoms with E-state index in [2.05, 4.69) is 26.0 Å². The van der Waals surface area contributed by atoms with Crippen molar-refractivity contribution in [3.05, 3.63) is 57.2 Å². The number of anilines is 1. The molecule has 0 aliphatic carbocycles. The Kier molecular flexibility index (Phi) is 6.23. The van der Waals surface area contributed by atoms with E-state index in [1.807, 2.05) is 17.5 Å². The molecule has 0 fully saturated rings. The number of amides is 2. The summed E-state index contributed by atoms with van der Waals surface area (Å²) in [5.41, 5.74) is 2.90. The molecule has 2 heterocycles. The number of nitrogens with one attached hydrogen (secondary N) is 2. The Bertz CT molecular complexity index is 936. The SMILES string of the molecule is COc1ccc(C(=O)Nc2nnc(CC(=O)N/N=C\c3cccs3)s2)cc1. The molecule has 0 aliphatic heterocycles. The maximum Gasteiger partial charge on any atom is 0.257 e. The highest BCUT2D eigenvalue weighted by Crippen LogP contribution is 2.18. The van der Waals surface area contributed by atoms with Crippen LogP contribution in [0.5, 0.6) is 5.75 Å². The fraction of sp³-hybridized carbons (Fsp3) is 0.118. The average molecular weight is 401 g/mol. The summed E-state index contributed by atoms with van der Waals surface area (Å²) in [6.45, 7) is 0. The Morgan fingerprint density at radius 2 is 2.04 bits per heavy atom. The Morgan fingerprint density at radius 1 is 1.22 bits per heavy atom. The number of ether oxygens (including phenoxy) is 1. The zero-order valence-electron chi connectivity index (χ0n) is 14.2. The highest BCUT2D eigenvalue weighted by molar-refractivity contribution is 7.15. The molecule has 138 valence electrons. The molecule has 0 aliphatic rings. The highest BCUT2D eigenvalue weighted by Gasteiger charge is 2.12. The van der Waals surface area contributed by atoms with E-state index in [9.17, 15) is 9.59 Å². The number of nitrogens with zero attached hydrogens (tertiary/aromatic N) is 3. The molecule has 2 N–H and O–H groups in total. The van der Waals surface area contributed by atoms with Crippen LogP contribution in [0.4, 0.5) is 5.13 Å². The lowest BCUT2D eigenvalue weighted by atomic mass is 10.2. The maximum absolute atomic E-state index is 12.2. The molecule has 8 nitrogen and oxygen atoms in total. The lowest BCUT2D eigenvalue weighted by Crippen LogP contribution is -2.19. The first-order chi connectivity index (χ1) is 13.1. The Balaban J connectivity index is 1.51. The van der Waals surface area contributed by atoms with Crippen molar-refractivity contribution in [1.29, 1.82) is 0 Å². The van der Waals surface area contributed by atoms with Crippen LogP contribution in [0.3, 0.4) is 0 Å². The molecule has 2 aromatic heterocycles. The first-order valence-corrected chi connectivity index (χ1v) is 9.47. The van der Waals surface area contributed by atoms with E-state index >= 15 is 0 Å². The summed E-state index contributed by atoms with van der Waals surface area (Å²) in [5, 5.41) is 17.1. The molecule has 10 heteroatoms. The molecule has 0 atom stereocenters. The van der Waals surface area contributed by atoms with Crippen LogP contribution in [0.25, 0.3) is 0 Å². The second kappa shape index (κ2) is 9.01. The van der Waals surface area contributed by atoms with E-state index in [-0.39, 0.29) is 18.2 Å². The van der Waals surface area contributed by atoms with Gasteiger partial charge < -0.3 is 4.74 Å². The van der Waals surface area contributed by atoms with E-state index in [1.165, 1.54) is 11.3 Å². The van der Waals surface area contributed by atoms with Crippen LogP contribution in [0.1, 0.15) is 20.2 Å². The highest BCUT2D eigenvalue weighted by atomic mass is 32.1. The van der Waals surface area contributed by atoms with E-state index in [1.54, 1.807) is 37.6 Å². The molecule has 3 rings (SSSR count). The van der Waals surface area contributed by atoms with Crippen molar-refractivity contribution < 1.29 is 14.3 Å². The topological polar surface area (TPSA) is 106 Å². The molecule has 0 saturated carbocycles. The van der Waals surface area contributed by atoms with Crippen molar-refractivity contribution in [2.24, 2.45) is 5.10 Å². The lowest BCUT2D eigenvalue weighted by molar-refractivity contribution is -0.120. The molecular formula is C17H15N5O3S2. The molecule has 3 aromatic rings. The molecule has 0 radical (unpaired) electrons. The lowest BCUT2D eigenvalue weighted by Gasteiger charge is -2.02. The van der Waals surface area contributed by atoms with Gasteiger partial charge in [-0.1, -0.05) is 17.4 Å². The summed E-state index contributed by atoms with van der Waals surface area (Å²) in [7, 11) is 1.56. The summed E-state index contributed by atoms with van der Waals surface area (Å²) in [6, 6.07) is 10.5. The number of carbonyl (C=O) groups is 2. The number of methoxy groups -OCH3 is 1. The Morgan fingerprint density at radius 3 is 2.74 bits per heavy atom. The smallest absolute Gasteiger partial charge is 0.257 e. The zero-order chi connectivity index (χ0) is 19.1.